The third-order valence-corrected chi connectivity index (χ3v) is 2.00. The second kappa shape index (κ2) is 3.64. The number of nitrogens with zero attached hydrogens (tertiary/aromatic N) is 1. The van der Waals surface area contributed by atoms with Gasteiger partial charge in [0.05, 0.1) is 22.8 Å². The van der Waals surface area contributed by atoms with Gasteiger partial charge in [0.25, 0.3) is 0 Å². The first-order valence-corrected chi connectivity index (χ1v) is 4.66. The predicted octanol–water partition coefficient (Wildman–Crippen LogP) is 0.694. The summed E-state index contributed by atoms with van der Waals surface area (Å²) in [5.41, 5.74) is 7.40. The van der Waals surface area contributed by atoms with Gasteiger partial charge in [-0.3, -0.25) is 4.98 Å². The Morgan fingerprint density at radius 1 is 1.67 bits per heavy atom. The Kier molecular flexibility index (Phi) is 2.78. The van der Waals surface area contributed by atoms with E-state index < -0.39 is 11.1 Å². The van der Waals surface area contributed by atoms with Gasteiger partial charge in [-0.25, -0.2) is 4.21 Å². The molecule has 0 saturated heterocycles. The fourth-order valence-electron chi connectivity index (χ4n) is 0.831. The molecule has 1 heterocycles. The number of anilines is 1. The van der Waals surface area contributed by atoms with Crippen LogP contribution in [-0.2, 0) is 16.8 Å². The van der Waals surface area contributed by atoms with E-state index in [-0.39, 0.29) is 5.75 Å². The van der Waals surface area contributed by atoms with Crippen molar-refractivity contribution in [1.29, 1.82) is 0 Å². The van der Waals surface area contributed by atoms with E-state index in [0.717, 1.165) is 0 Å². The molecule has 0 fully saturated rings. The zero-order valence-electron chi connectivity index (χ0n) is 6.65. The van der Waals surface area contributed by atoms with Crippen LogP contribution in [0.4, 0.5) is 5.69 Å². The third kappa shape index (κ3) is 2.28. The normalized spacial score (nSPS) is 12.8. The molecule has 1 atom stereocenters. The number of nitrogens with two attached hydrogens (primary N) is 1. The number of aromatic nitrogens is 1. The number of nitrogen functional groups attached to an aromatic ring is 1. The number of aryl methyl sites for hydroxylation is 1. The van der Waals surface area contributed by atoms with Gasteiger partial charge in [0, 0.05) is 0 Å². The van der Waals surface area contributed by atoms with E-state index in [1.54, 1.807) is 19.1 Å². The first-order valence-electron chi connectivity index (χ1n) is 3.39. The van der Waals surface area contributed by atoms with Crippen LogP contribution in [-0.4, -0.2) is 13.7 Å². The van der Waals surface area contributed by atoms with Gasteiger partial charge in [0.2, 0.25) is 0 Å². The van der Waals surface area contributed by atoms with E-state index in [1.807, 2.05) is 0 Å². The van der Waals surface area contributed by atoms with Crippen molar-refractivity contribution in [2.75, 3.05) is 5.73 Å². The molecule has 0 spiro atoms. The maximum absolute atomic E-state index is 10.4. The summed E-state index contributed by atoms with van der Waals surface area (Å²) in [6.07, 6.45) is 0. The van der Waals surface area contributed by atoms with Crippen LogP contribution < -0.4 is 5.73 Å². The minimum atomic E-state index is -1.83. The molecule has 1 aromatic rings. The van der Waals surface area contributed by atoms with Gasteiger partial charge in [-0.2, -0.15) is 0 Å². The molecule has 0 aliphatic rings. The number of hydrogen-bond acceptors (Lipinski definition) is 3. The summed E-state index contributed by atoms with van der Waals surface area (Å²) in [6, 6.07) is 3.33. The third-order valence-electron chi connectivity index (χ3n) is 1.46. The summed E-state index contributed by atoms with van der Waals surface area (Å²) >= 11 is -1.83. The number of rotatable bonds is 2. The van der Waals surface area contributed by atoms with Gasteiger partial charge in [-0.05, 0) is 19.1 Å². The van der Waals surface area contributed by atoms with Crippen LogP contribution in [0, 0.1) is 6.92 Å². The monoisotopic (exact) mass is 186 g/mol. The van der Waals surface area contributed by atoms with Crippen molar-refractivity contribution in [3.05, 3.63) is 23.5 Å². The van der Waals surface area contributed by atoms with Gasteiger partial charge in [0.1, 0.15) is 0 Å². The maximum atomic E-state index is 10.4. The molecule has 0 amide bonds. The van der Waals surface area contributed by atoms with Crippen LogP contribution in [0.15, 0.2) is 12.1 Å². The summed E-state index contributed by atoms with van der Waals surface area (Å²) in [4.78, 5) is 4.03. The molecule has 0 bridgehead atoms. The molecule has 1 aromatic heterocycles. The predicted molar refractivity (Wildman–Crippen MR) is 47.9 cm³/mol. The molecule has 3 N–H and O–H groups in total. The topological polar surface area (TPSA) is 76.2 Å². The average molecular weight is 186 g/mol. The Balaban J connectivity index is 2.89. The summed E-state index contributed by atoms with van der Waals surface area (Å²) in [5, 5.41) is 0. The van der Waals surface area contributed by atoms with Crippen molar-refractivity contribution in [3.8, 4) is 0 Å². The molecule has 4 nitrogen and oxygen atoms in total. The van der Waals surface area contributed by atoms with Gasteiger partial charge >= 0.3 is 0 Å². The van der Waals surface area contributed by atoms with Gasteiger partial charge in [-0.15, -0.1) is 0 Å². The largest absolute Gasteiger partial charge is 0.397 e. The van der Waals surface area contributed by atoms with Crippen molar-refractivity contribution >= 4 is 16.8 Å². The molecular weight excluding hydrogens is 176 g/mol. The van der Waals surface area contributed by atoms with Crippen molar-refractivity contribution < 1.29 is 8.76 Å². The smallest absolute Gasteiger partial charge is 0.158 e. The van der Waals surface area contributed by atoms with Crippen LogP contribution >= 0.6 is 0 Å². The van der Waals surface area contributed by atoms with E-state index in [0.29, 0.717) is 17.1 Å². The Morgan fingerprint density at radius 3 is 2.83 bits per heavy atom. The maximum Gasteiger partial charge on any atom is 0.158 e. The highest BCUT2D eigenvalue weighted by Crippen LogP contribution is 2.08. The van der Waals surface area contributed by atoms with E-state index in [4.69, 9.17) is 10.3 Å². The average Bonchev–Trinajstić information content (AvgIpc) is 1.96. The molecule has 0 aliphatic carbocycles. The van der Waals surface area contributed by atoms with E-state index in [9.17, 15) is 4.21 Å². The van der Waals surface area contributed by atoms with Crippen LogP contribution in [0.5, 0.6) is 0 Å². The molecule has 12 heavy (non-hydrogen) atoms. The number of hydrogen-bond donors (Lipinski definition) is 2. The lowest BCUT2D eigenvalue weighted by Crippen LogP contribution is -2.00. The van der Waals surface area contributed by atoms with E-state index in [2.05, 4.69) is 4.98 Å². The van der Waals surface area contributed by atoms with Crippen molar-refractivity contribution in [1.82, 2.24) is 4.98 Å². The molecule has 1 unspecified atom stereocenters. The van der Waals surface area contributed by atoms with Crippen molar-refractivity contribution in [2.24, 2.45) is 0 Å². The summed E-state index contributed by atoms with van der Waals surface area (Å²) in [5.74, 6) is 0.0567. The van der Waals surface area contributed by atoms with Gasteiger partial charge < -0.3 is 10.3 Å². The molecule has 66 valence electrons. The highest BCUT2D eigenvalue weighted by molar-refractivity contribution is 7.78. The van der Waals surface area contributed by atoms with E-state index in [1.165, 1.54) is 0 Å². The minimum absolute atomic E-state index is 0.0567. The molecule has 0 aliphatic heterocycles. The van der Waals surface area contributed by atoms with Crippen molar-refractivity contribution in [3.63, 3.8) is 0 Å². The quantitative estimate of drug-likeness (QED) is 0.666. The summed E-state index contributed by atoms with van der Waals surface area (Å²) < 4.78 is 19.0. The fraction of sp³-hybridized carbons (Fsp3) is 0.286. The van der Waals surface area contributed by atoms with E-state index >= 15 is 0 Å². The van der Waals surface area contributed by atoms with Crippen LogP contribution in [0.2, 0.25) is 0 Å². The second-order valence-electron chi connectivity index (χ2n) is 2.44. The Morgan fingerprint density at radius 2 is 2.33 bits per heavy atom. The fourth-order valence-corrected chi connectivity index (χ4v) is 1.24. The van der Waals surface area contributed by atoms with Gasteiger partial charge in [0.15, 0.2) is 11.1 Å². The molecule has 5 heteroatoms. The highest BCUT2D eigenvalue weighted by atomic mass is 32.2. The first kappa shape index (κ1) is 9.15. The summed E-state index contributed by atoms with van der Waals surface area (Å²) in [6.45, 7) is 1.76. The van der Waals surface area contributed by atoms with Crippen LogP contribution in [0.1, 0.15) is 11.4 Å². The number of pyridine rings is 1. The summed E-state index contributed by atoms with van der Waals surface area (Å²) in [7, 11) is 0. The Hall–Kier alpha value is -0.940. The first-order chi connectivity index (χ1) is 5.59. The van der Waals surface area contributed by atoms with Crippen LogP contribution in [0.25, 0.3) is 0 Å². The second-order valence-corrected chi connectivity index (χ2v) is 3.37. The van der Waals surface area contributed by atoms with Crippen LogP contribution in [0.3, 0.4) is 0 Å². The standard InChI is InChI=1S/C7H10N2O2S/c1-5-7(8)3-2-6(9-5)4-12(10)11/h2-3H,4,8H2,1H3,(H,10,11). The highest BCUT2D eigenvalue weighted by Gasteiger charge is 2.01. The van der Waals surface area contributed by atoms with Crippen molar-refractivity contribution in [2.45, 2.75) is 12.7 Å². The SMILES string of the molecule is Cc1nc(CS(=O)O)ccc1N. The molecule has 0 saturated carbocycles. The molecule has 0 aromatic carbocycles. The lowest BCUT2D eigenvalue weighted by atomic mass is 10.3. The zero-order chi connectivity index (χ0) is 9.14. The van der Waals surface area contributed by atoms with Gasteiger partial charge in [-0.1, -0.05) is 0 Å². The zero-order valence-corrected chi connectivity index (χ0v) is 7.47. The minimum Gasteiger partial charge on any atom is -0.397 e. The Labute approximate surface area is 73.1 Å². The lowest BCUT2D eigenvalue weighted by Gasteiger charge is -2.01. The molecule has 1 rings (SSSR count). The molecule has 0 radical (unpaired) electrons. The lowest BCUT2D eigenvalue weighted by molar-refractivity contribution is 0.563. The molecular formula is C7H10N2O2S. The Bertz CT molecular complexity index is 314.